The first kappa shape index (κ1) is 42.5. The molecule has 70 heavy (non-hydrogen) atoms. The first-order valence-electron chi connectivity index (χ1n) is 26.4. The lowest BCUT2D eigenvalue weighted by Gasteiger charge is -2.54. The molecule has 14 rings (SSSR count). The minimum absolute atomic E-state index is 0.0871. The molecule has 10 aromatic carbocycles. The van der Waals surface area contributed by atoms with Crippen molar-refractivity contribution in [2.75, 3.05) is 0 Å². The third kappa shape index (κ3) is 5.26. The van der Waals surface area contributed by atoms with Crippen molar-refractivity contribution in [3.8, 4) is 22.3 Å². The highest BCUT2D eigenvalue weighted by atomic mass is 28.3. The number of rotatable bonds is 6. The van der Waals surface area contributed by atoms with Gasteiger partial charge in [0.05, 0.1) is 0 Å². The van der Waals surface area contributed by atoms with Gasteiger partial charge in [0, 0.05) is 0 Å². The van der Waals surface area contributed by atoms with Crippen LogP contribution in [0.25, 0.3) is 54.6 Å². The van der Waals surface area contributed by atoms with E-state index in [9.17, 15) is 0 Å². The van der Waals surface area contributed by atoms with Gasteiger partial charge in [0.1, 0.15) is 0 Å². The second-order valence-corrected chi connectivity index (χ2v) is 31.5. The van der Waals surface area contributed by atoms with Gasteiger partial charge < -0.3 is 0 Å². The standard InChI is InChI=1S/C68H62Si2/c1-65-37-17-19-39-67(65,3)69(55-21-9-5-10-22-55,56-23-11-6-12-24-56)61-35-33-47(45-59(61)65)53-41-49-29-31-51-43-54(44-52-32-30-50(42-53)63(49)64(51)52)48-34-36-62-60(46-48)66(2)38-18-20-40-68(66,4)70(62,57-25-13-7-14-26-57)58-27-15-8-16-28-58/h5-16,21-36,41-46H,17-20,37-40H2,1-4H3. The van der Waals surface area contributed by atoms with Crippen LogP contribution in [0, 0.1) is 0 Å². The molecule has 2 aliphatic carbocycles. The zero-order chi connectivity index (χ0) is 47.1. The third-order valence-corrected chi connectivity index (χ3v) is 32.6. The van der Waals surface area contributed by atoms with E-state index in [1.54, 1.807) is 42.2 Å². The van der Waals surface area contributed by atoms with Crippen LogP contribution >= 0.6 is 0 Å². The highest BCUT2D eigenvalue weighted by Crippen LogP contribution is 2.67. The Labute approximate surface area is 416 Å². The van der Waals surface area contributed by atoms with Gasteiger partial charge in [-0.05, 0) is 168 Å². The summed E-state index contributed by atoms with van der Waals surface area (Å²) < 4.78 is 0. The molecular formula is C68H62Si2. The van der Waals surface area contributed by atoms with Gasteiger partial charge in [-0.25, -0.2) is 0 Å². The quantitative estimate of drug-likeness (QED) is 0.115. The molecule has 342 valence electrons. The summed E-state index contributed by atoms with van der Waals surface area (Å²) in [5.41, 5.74) is 8.71. The molecule has 4 atom stereocenters. The van der Waals surface area contributed by atoms with Gasteiger partial charge in [0.2, 0.25) is 0 Å². The second kappa shape index (κ2) is 15.1. The number of hydrogen-bond acceptors (Lipinski definition) is 0. The van der Waals surface area contributed by atoms with Crippen LogP contribution < -0.4 is 31.1 Å². The van der Waals surface area contributed by atoms with Crippen LogP contribution in [0.4, 0.5) is 0 Å². The van der Waals surface area contributed by atoms with Crippen LogP contribution in [-0.2, 0) is 10.8 Å². The largest absolute Gasteiger partial charge is 0.155 e. The highest BCUT2D eigenvalue weighted by Gasteiger charge is 2.70. The van der Waals surface area contributed by atoms with E-state index in [-0.39, 0.29) is 20.9 Å². The summed E-state index contributed by atoms with van der Waals surface area (Å²) in [6.07, 6.45) is 10.2. The van der Waals surface area contributed by atoms with E-state index in [4.69, 9.17) is 0 Å². The monoisotopic (exact) mass is 934 g/mol. The minimum Gasteiger partial charge on any atom is -0.0624 e. The smallest absolute Gasteiger partial charge is 0.0624 e. The van der Waals surface area contributed by atoms with Gasteiger partial charge in [-0.1, -0.05) is 235 Å². The maximum atomic E-state index is 2.69. The van der Waals surface area contributed by atoms with E-state index in [1.165, 1.54) is 106 Å². The second-order valence-electron chi connectivity index (χ2n) is 23.0. The number of hydrogen-bond donors (Lipinski definition) is 0. The van der Waals surface area contributed by atoms with Crippen LogP contribution in [0.15, 0.2) is 206 Å². The van der Waals surface area contributed by atoms with Crippen molar-refractivity contribution >= 4 is 79.6 Å². The lowest BCUT2D eigenvalue weighted by atomic mass is 9.64. The lowest BCUT2D eigenvalue weighted by molar-refractivity contribution is 0.241. The summed E-state index contributed by atoms with van der Waals surface area (Å²) in [6, 6.07) is 81.8. The molecule has 2 fully saturated rings. The molecule has 2 aliphatic heterocycles. The van der Waals surface area contributed by atoms with Gasteiger partial charge in [0.15, 0.2) is 16.1 Å². The van der Waals surface area contributed by atoms with Gasteiger partial charge in [0.25, 0.3) is 0 Å². The molecule has 0 amide bonds. The van der Waals surface area contributed by atoms with E-state index >= 15 is 0 Å². The third-order valence-electron chi connectivity index (χ3n) is 20.4. The van der Waals surface area contributed by atoms with E-state index in [2.05, 4.69) is 234 Å². The van der Waals surface area contributed by atoms with E-state index in [1.807, 2.05) is 0 Å². The molecule has 0 radical (unpaired) electrons. The molecular weight excluding hydrogens is 873 g/mol. The molecule has 2 heteroatoms. The normalized spacial score (nSPS) is 25.1. The predicted octanol–water partition coefficient (Wildman–Crippen LogP) is 14.1. The Morgan fingerprint density at radius 1 is 0.300 bits per heavy atom. The summed E-state index contributed by atoms with van der Waals surface area (Å²) >= 11 is 0. The van der Waals surface area contributed by atoms with E-state index in [0.29, 0.717) is 0 Å². The van der Waals surface area contributed by atoms with Crippen LogP contribution in [0.2, 0.25) is 10.1 Å². The first-order chi connectivity index (χ1) is 34.2. The molecule has 10 aromatic rings. The summed E-state index contributed by atoms with van der Waals surface area (Å²) in [5.74, 6) is 0. The van der Waals surface area contributed by atoms with Crippen LogP contribution in [0.1, 0.15) is 90.2 Å². The maximum absolute atomic E-state index is 2.69. The molecule has 0 bridgehead atoms. The SMILES string of the molecule is CC12CCCCC1(C)[Si](c1ccccc1)(c1ccccc1)c1ccc(-c3cc4ccc5cc(-c6ccc7c(c6)C6(C)CCCCC6(C)[Si]7(c6ccccc6)c6ccccc6)cc6ccc(c3)c4c56)cc12. The molecule has 0 spiro atoms. The molecule has 2 heterocycles. The molecule has 0 nitrogen and oxygen atoms in total. The van der Waals surface area contributed by atoms with Crippen molar-refractivity contribution in [3.05, 3.63) is 217 Å². The Balaban J connectivity index is 0.896. The Hall–Kier alpha value is -6.33. The first-order valence-corrected chi connectivity index (χ1v) is 30.4. The van der Waals surface area contributed by atoms with Gasteiger partial charge in [-0.15, -0.1) is 0 Å². The molecule has 0 aromatic heterocycles. The van der Waals surface area contributed by atoms with E-state index in [0.717, 1.165) is 0 Å². The fourth-order valence-electron chi connectivity index (χ4n) is 16.8. The summed E-state index contributed by atoms with van der Waals surface area (Å²) in [6.45, 7) is 10.7. The van der Waals surface area contributed by atoms with Crippen molar-refractivity contribution in [1.29, 1.82) is 0 Å². The Bertz CT molecular complexity index is 3280. The Kier molecular flexibility index (Phi) is 9.17. The fraction of sp³-hybridized carbons (Fsp3) is 0.235. The van der Waals surface area contributed by atoms with Crippen molar-refractivity contribution in [2.24, 2.45) is 0 Å². The summed E-state index contributed by atoms with van der Waals surface area (Å²) in [7, 11) is -4.93. The maximum Gasteiger partial charge on any atom is 0.155 e. The van der Waals surface area contributed by atoms with Crippen molar-refractivity contribution in [2.45, 2.75) is 100.0 Å². The molecule has 0 saturated heterocycles. The lowest BCUT2D eigenvalue weighted by Crippen LogP contribution is -2.72. The number of fused-ring (bicyclic) bond motifs is 6. The Morgan fingerprint density at radius 3 is 0.914 bits per heavy atom. The van der Waals surface area contributed by atoms with Gasteiger partial charge in [-0.3, -0.25) is 0 Å². The predicted molar refractivity (Wildman–Crippen MR) is 304 cm³/mol. The van der Waals surface area contributed by atoms with Crippen LogP contribution in [-0.4, -0.2) is 16.1 Å². The highest BCUT2D eigenvalue weighted by molar-refractivity contribution is 7.15. The minimum atomic E-state index is -2.47. The summed E-state index contributed by atoms with van der Waals surface area (Å²) in [4.78, 5) is 0. The van der Waals surface area contributed by atoms with Crippen LogP contribution in [0.3, 0.4) is 0 Å². The average molecular weight is 935 g/mol. The zero-order valence-corrected chi connectivity index (χ0v) is 43.3. The van der Waals surface area contributed by atoms with Crippen molar-refractivity contribution in [3.63, 3.8) is 0 Å². The van der Waals surface area contributed by atoms with Crippen LogP contribution in [0.5, 0.6) is 0 Å². The van der Waals surface area contributed by atoms with Gasteiger partial charge >= 0.3 is 0 Å². The Morgan fingerprint density at radius 2 is 0.600 bits per heavy atom. The van der Waals surface area contributed by atoms with Gasteiger partial charge in [-0.2, -0.15) is 0 Å². The van der Waals surface area contributed by atoms with Crippen molar-refractivity contribution < 1.29 is 0 Å². The molecule has 0 N–H and O–H groups in total. The van der Waals surface area contributed by atoms with Crippen molar-refractivity contribution in [1.82, 2.24) is 0 Å². The average Bonchev–Trinajstić information content (AvgIpc) is 3.72. The van der Waals surface area contributed by atoms with E-state index < -0.39 is 16.1 Å². The number of benzene rings is 10. The fourth-order valence-corrected chi connectivity index (χ4v) is 30.7. The molecule has 4 aliphatic rings. The molecule has 2 saturated carbocycles. The zero-order valence-electron chi connectivity index (χ0n) is 41.3. The molecule has 4 unspecified atom stereocenters. The summed E-state index contributed by atoms with van der Waals surface area (Å²) in [5, 5.41) is 17.9. The topological polar surface area (TPSA) is 0 Å².